The van der Waals surface area contributed by atoms with E-state index in [1.807, 2.05) is 0 Å². The maximum absolute atomic E-state index is 13.4. The monoisotopic (exact) mass is 255 g/mol. The number of hydrogen-bond acceptors (Lipinski definition) is 3. The number of amides is 1. The highest BCUT2D eigenvalue weighted by Crippen LogP contribution is 2.23. The van der Waals surface area contributed by atoms with Crippen LogP contribution in [-0.2, 0) is 4.79 Å². The number of benzene rings is 1. The van der Waals surface area contributed by atoms with Gasteiger partial charge in [-0.25, -0.2) is 8.78 Å². The maximum atomic E-state index is 13.4. The van der Waals surface area contributed by atoms with E-state index < -0.39 is 17.4 Å². The normalized spacial score (nSPS) is 18.6. The average Bonchev–Trinajstić information content (AvgIpc) is 2.73. The lowest BCUT2D eigenvalue weighted by atomic mass is 10.2. The average molecular weight is 255 g/mol. The molecule has 1 saturated heterocycles. The Morgan fingerprint density at radius 1 is 1.39 bits per heavy atom. The van der Waals surface area contributed by atoms with Gasteiger partial charge in [-0.05, 0) is 18.6 Å². The van der Waals surface area contributed by atoms with Gasteiger partial charge in [0.15, 0.2) is 17.4 Å². The van der Waals surface area contributed by atoms with E-state index in [0.29, 0.717) is 19.1 Å². The van der Waals surface area contributed by atoms with Crippen LogP contribution < -0.4 is 10.1 Å². The first-order valence-electron chi connectivity index (χ1n) is 5.46. The number of hydrogen-bond donors (Lipinski definition) is 1. The second-order valence-corrected chi connectivity index (χ2v) is 4.05. The molecule has 1 N–H and O–H groups in total. The second-order valence-electron chi connectivity index (χ2n) is 4.05. The van der Waals surface area contributed by atoms with E-state index in [9.17, 15) is 18.4 Å². The maximum Gasteiger partial charge on any atom is 0.220 e. The van der Waals surface area contributed by atoms with Crippen molar-refractivity contribution in [3.8, 4) is 5.75 Å². The molecule has 0 spiro atoms. The first-order valence-corrected chi connectivity index (χ1v) is 5.46. The summed E-state index contributed by atoms with van der Waals surface area (Å²) in [5, 5.41) is 2.62. The molecule has 1 aliphatic rings. The van der Waals surface area contributed by atoms with Gasteiger partial charge in [-0.3, -0.25) is 9.59 Å². The SMILES string of the molecule is O=Cc1cc(F)c(OCC2CCC(=O)N2)c(F)c1. The van der Waals surface area contributed by atoms with E-state index in [0.717, 1.165) is 12.1 Å². The molecule has 0 radical (unpaired) electrons. The molecule has 96 valence electrons. The van der Waals surface area contributed by atoms with E-state index in [-0.39, 0.29) is 24.1 Å². The van der Waals surface area contributed by atoms with Gasteiger partial charge < -0.3 is 10.1 Å². The molecule has 1 aromatic rings. The molecule has 0 bridgehead atoms. The number of halogens is 2. The second kappa shape index (κ2) is 5.12. The van der Waals surface area contributed by atoms with Gasteiger partial charge in [-0.15, -0.1) is 0 Å². The number of carbonyl (C=O) groups excluding carboxylic acids is 2. The molecule has 18 heavy (non-hydrogen) atoms. The Balaban J connectivity index is 2.05. The fraction of sp³-hybridized carbons (Fsp3) is 0.333. The van der Waals surface area contributed by atoms with Crippen LogP contribution >= 0.6 is 0 Å². The summed E-state index contributed by atoms with van der Waals surface area (Å²) in [6.07, 6.45) is 1.32. The van der Waals surface area contributed by atoms with Crippen LogP contribution in [0.3, 0.4) is 0 Å². The van der Waals surface area contributed by atoms with Crippen molar-refractivity contribution >= 4 is 12.2 Å². The van der Waals surface area contributed by atoms with E-state index in [1.165, 1.54) is 0 Å². The molecule has 6 heteroatoms. The summed E-state index contributed by atoms with van der Waals surface area (Å²) in [5.74, 6) is -2.48. The minimum Gasteiger partial charge on any atom is -0.485 e. The summed E-state index contributed by atoms with van der Waals surface area (Å²) < 4.78 is 31.9. The van der Waals surface area contributed by atoms with Crippen LogP contribution in [0.2, 0.25) is 0 Å². The molecule has 1 aliphatic heterocycles. The van der Waals surface area contributed by atoms with Crippen molar-refractivity contribution in [2.24, 2.45) is 0 Å². The summed E-state index contributed by atoms with van der Waals surface area (Å²) in [5.41, 5.74) is -0.0912. The highest BCUT2D eigenvalue weighted by Gasteiger charge is 2.22. The van der Waals surface area contributed by atoms with Crippen molar-refractivity contribution in [3.05, 3.63) is 29.3 Å². The molecule has 0 aromatic heterocycles. The predicted molar refractivity (Wildman–Crippen MR) is 58.4 cm³/mol. The fourth-order valence-corrected chi connectivity index (χ4v) is 1.77. The van der Waals surface area contributed by atoms with Crippen LogP contribution in [-0.4, -0.2) is 24.8 Å². The standard InChI is InChI=1S/C12H11F2NO3/c13-9-3-7(5-16)4-10(14)12(9)18-6-8-1-2-11(17)15-8/h3-5,8H,1-2,6H2,(H,15,17). The van der Waals surface area contributed by atoms with Crippen LogP contribution in [0.25, 0.3) is 0 Å². The molecule has 1 fully saturated rings. The van der Waals surface area contributed by atoms with E-state index in [1.54, 1.807) is 0 Å². The van der Waals surface area contributed by atoms with Crippen molar-refractivity contribution in [2.75, 3.05) is 6.61 Å². The van der Waals surface area contributed by atoms with E-state index in [4.69, 9.17) is 4.74 Å². The minimum absolute atomic E-state index is 0.0000158. The van der Waals surface area contributed by atoms with Gasteiger partial charge in [0.1, 0.15) is 12.9 Å². The van der Waals surface area contributed by atoms with Crippen LogP contribution in [0.4, 0.5) is 8.78 Å². The molecule has 1 unspecified atom stereocenters. The van der Waals surface area contributed by atoms with Gasteiger partial charge in [-0.2, -0.15) is 0 Å². The zero-order chi connectivity index (χ0) is 13.1. The molecular weight excluding hydrogens is 244 g/mol. The van der Waals surface area contributed by atoms with Gasteiger partial charge >= 0.3 is 0 Å². The molecule has 4 nitrogen and oxygen atoms in total. The van der Waals surface area contributed by atoms with E-state index in [2.05, 4.69) is 5.32 Å². The van der Waals surface area contributed by atoms with Gasteiger partial charge in [-0.1, -0.05) is 0 Å². The Kier molecular flexibility index (Phi) is 3.55. The molecule has 1 amide bonds. The first-order chi connectivity index (χ1) is 8.60. The van der Waals surface area contributed by atoms with Crippen LogP contribution in [0.5, 0.6) is 5.75 Å². The summed E-state index contributed by atoms with van der Waals surface area (Å²) in [4.78, 5) is 21.3. The van der Waals surface area contributed by atoms with Crippen molar-refractivity contribution in [3.63, 3.8) is 0 Å². The van der Waals surface area contributed by atoms with Crippen molar-refractivity contribution in [1.82, 2.24) is 5.32 Å². The van der Waals surface area contributed by atoms with Gasteiger partial charge in [0, 0.05) is 12.0 Å². The minimum atomic E-state index is -0.929. The van der Waals surface area contributed by atoms with E-state index >= 15 is 0 Å². The van der Waals surface area contributed by atoms with Gasteiger partial charge in [0.2, 0.25) is 5.91 Å². The topological polar surface area (TPSA) is 55.4 Å². The largest absolute Gasteiger partial charge is 0.485 e. The third kappa shape index (κ3) is 2.64. The molecule has 0 saturated carbocycles. The quantitative estimate of drug-likeness (QED) is 0.828. The number of carbonyl (C=O) groups is 2. The summed E-state index contributed by atoms with van der Waals surface area (Å²) in [7, 11) is 0. The number of rotatable bonds is 4. The smallest absolute Gasteiger partial charge is 0.220 e. The highest BCUT2D eigenvalue weighted by atomic mass is 19.1. The molecule has 0 aliphatic carbocycles. The number of ether oxygens (including phenoxy) is 1. The molecule has 2 rings (SSSR count). The van der Waals surface area contributed by atoms with Gasteiger partial charge in [0.05, 0.1) is 6.04 Å². The number of nitrogens with one attached hydrogen (secondary N) is 1. The van der Waals surface area contributed by atoms with Crippen LogP contribution in [0.15, 0.2) is 12.1 Å². The zero-order valence-corrected chi connectivity index (χ0v) is 9.41. The Morgan fingerprint density at radius 3 is 2.56 bits per heavy atom. The van der Waals surface area contributed by atoms with Crippen molar-refractivity contribution in [2.45, 2.75) is 18.9 Å². The third-order valence-corrected chi connectivity index (χ3v) is 2.67. The Hall–Kier alpha value is -1.98. The molecule has 1 aromatic carbocycles. The third-order valence-electron chi connectivity index (χ3n) is 2.67. The fourth-order valence-electron chi connectivity index (χ4n) is 1.77. The molecule has 1 atom stereocenters. The lowest BCUT2D eigenvalue weighted by Gasteiger charge is -2.13. The van der Waals surface area contributed by atoms with Crippen molar-refractivity contribution < 1.29 is 23.1 Å². The molecular formula is C12H11F2NO3. The zero-order valence-electron chi connectivity index (χ0n) is 9.41. The summed E-state index contributed by atoms with van der Waals surface area (Å²) >= 11 is 0. The van der Waals surface area contributed by atoms with Gasteiger partial charge in [0.25, 0.3) is 0 Å². The first kappa shape index (κ1) is 12.5. The lowest BCUT2D eigenvalue weighted by molar-refractivity contribution is -0.119. The lowest BCUT2D eigenvalue weighted by Crippen LogP contribution is -2.31. The number of aldehydes is 1. The van der Waals surface area contributed by atoms with Crippen molar-refractivity contribution in [1.29, 1.82) is 0 Å². The molecule has 1 heterocycles. The summed E-state index contributed by atoms with van der Waals surface area (Å²) in [6, 6.07) is 1.57. The Labute approximate surface area is 102 Å². The summed E-state index contributed by atoms with van der Waals surface area (Å²) in [6.45, 7) is 0.0000158. The van der Waals surface area contributed by atoms with Crippen LogP contribution in [0, 0.1) is 11.6 Å². The Morgan fingerprint density at radius 2 is 2.06 bits per heavy atom. The predicted octanol–water partition coefficient (Wildman–Crippen LogP) is 1.43. The van der Waals surface area contributed by atoms with Crippen LogP contribution in [0.1, 0.15) is 23.2 Å². The highest BCUT2D eigenvalue weighted by molar-refractivity contribution is 5.78. The Bertz CT molecular complexity index is 467.